The van der Waals surface area contributed by atoms with Crippen molar-refractivity contribution in [2.45, 2.75) is 51.2 Å². The molecule has 1 amide bonds. The maximum Gasteiger partial charge on any atom is 0.219 e. The van der Waals surface area contributed by atoms with Gasteiger partial charge in [-0.05, 0) is 26.2 Å². The molecule has 2 heterocycles. The number of aromatic nitrogens is 2. The molecule has 0 radical (unpaired) electrons. The summed E-state index contributed by atoms with van der Waals surface area (Å²) in [6, 6.07) is 0.905. The van der Waals surface area contributed by atoms with E-state index < -0.39 is 0 Å². The zero-order valence-corrected chi connectivity index (χ0v) is 10.2. The van der Waals surface area contributed by atoms with Crippen molar-refractivity contribution in [2.75, 3.05) is 0 Å². The van der Waals surface area contributed by atoms with Gasteiger partial charge in [0.1, 0.15) is 0 Å². The molecule has 1 aromatic rings. The van der Waals surface area contributed by atoms with Crippen molar-refractivity contribution in [3.63, 3.8) is 0 Å². The second kappa shape index (κ2) is 5.31. The van der Waals surface area contributed by atoms with Crippen LogP contribution in [0.25, 0.3) is 0 Å². The number of hydrogen-bond donors (Lipinski definition) is 2. The molecule has 1 aromatic heterocycles. The second-order valence-electron chi connectivity index (χ2n) is 4.78. The minimum absolute atomic E-state index is 0.269. The van der Waals surface area contributed by atoms with Gasteiger partial charge in [0.05, 0.1) is 12.0 Å². The van der Waals surface area contributed by atoms with Crippen LogP contribution in [0.3, 0.4) is 0 Å². The summed E-state index contributed by atoms with van der Waals surface area (Å²) < 4.78 is 2.03. The molecule has 0 aromatic carbocycles. The Hall–Kier alpha value is -1.36. The number of hydrogen-bond acceptors (Lipinski definition) is 3. The van der Waals surface area contributed by atoms with E-state index in [0.717, 1.165) is 12.1 Å². The van der Waals surface area contributed by atoms with Crippen LogP contribution >= 0.6 is 0 Å². The van der Waals surface area contributed by atoms with Crippen molar-refractivity contribution < 1.29 is 4.79 Å². The standard InChI is InChI=1S/C12H20N4O/c1-9-3-2-4-10(15-9)11-7-14-8-16(11)6-5-12(13)17/h7-10,15H,2-6H2,1H3,(H2,13,17). The van der Waals surface area contributed by atoms with Gasteiger partial charge in [-0.25, -0.2) is 4.98 Å². The maximum absolute atomic E-state index is 10.8. The van der Waals surface area contributed by atoms with E-state index in [0.29, 0.717) is 25.0 Å². The fraction of sp³-hybridized carbons (Fsp3) is 0.667. The zero-order chi connectivity index (χ0) is 12.3. The van der Waals surface area contributed by atoms with Crippen LogP contribution < -0.4 is 11.1 Å². The Morgan fingerprint density at radius 3 is 3.18 bits per heavy atom. The number of primary amides is 1. The molecule has 17 heavy (non-hydrogen) atoms. The first kappa shape index (κ1) is 12.1. The van der Waals surface area contributed by atoms with Crippen LogP contribution in [0.5, 0.6) is 0 Å². The summed E-state index contributed by atoms with van der Waals surface area (Å²) in [5.41, 5.74) is 6.34. The summed E-state index contributed by atoms with van der Waals surface area (Å²) in [6.45, 7) is 2.83. The molecule has 1 saturated heterocycles. The van der Waals surface area contributed by atoms with Crippen LogP contribution in [0, 0.1) is 0 Å². The lowest BCUT2D eigenvalue weighted by atomic mass is 9.97. The third kappa shape index (κ3) is 3.06. The minimum atomic E-state index is -0.269. The van der Waals surface area contributed by atoms with E-state index in [9.17, 15) is 4.79 Å². The van der Waals surface area contributed by atoms with Gasteiger partial charge in [0.2, 0.25) is 5.91 Å². The number of rotatable bonds is 4. The van der Waals surface area contributed by atoms with Crippen molar-refractivity contribution >= 4 is 5.91 Å². The quantitative estimate of drug-likeness (QED) is 0.818. The van der Waals surface area contributed by atoms with E-state index in [1.807, 2.05) is 10.8 Å². The molecule has 1 fully saturated rings. The van der Waals surface area contributed by atoms with E-state index in [1.54, 1.807) is 6.33 Å². The number of nitrogens with two attached hydrogens (primary N) is 1. The fourth-order valence-corrected chi connectivity index (χ4v) is 2.41. The second-order valence-corrected chi connectivity index (χ2v) is 4.78. The number of nitrogens with one attached hydrogen (secondary N) is 1. The lowest BCUT2D eigenvalue weighted by Gasteiger charge is -2.29. The normalized spacial score (nSPS) is 24.8. The first-order chi connectivity index (χ1) is 8.16. The molecule has 0 saturated carbocycles. The fourth-order valence-electron chi connectivity index (χ4n) is 2.41. The third-order valence-electron chi connectivity index (χ3n) is 3.32. The van der Waals surface area contributed by atoms with Crippen molar-refractivity contribution in [3.8, 4) is 0 Å². The molecule has 2 atom stereocenters. The van der Waals surface area contributed by atoms with Crippen LogP contribution in [0.4, 0.5) is 0 Å². The largest absolute Gasteiger partial charge is 0.370 e. The zero-order valence-electron chi connectivity index (χ0n) is 10.2. The smallest absolute Gasteiger partial charge is 0.219 e. The predicted molar refractivity (Wildman–Crippen MR) is 65.2 cm³/mol. The van der Waals surface area contributed by atoms with Gasteiger partial charge in [-0.1, -0.05) is 0 Å². The Morgan fingerprint density at radius 1 is 1.65 bits per heavy atom. The van der Waals surface area contributed by atoms with Gasteiger partial charge in [0.15, 0.2) is 0 Å². The van der Waals surface area contributed by atoms with E-state index in [2.05, 4.69) is 17.2 Å². The SMILES string of the molecule is CC1CCCC(c2cncn2CCC(N)=O)N1. The molecule has 0 bridgehead atoms. The number of piperidine rings is 1. The van der Waals surface area contributed by atoms with Crippen molar-refractivity contribution in [1.82, 2.24) is 14.9 Å². The molecule has 0 spiro atoms. The Morgan fingerprint density at radius 2 is 2.47 bits per heavy atom. The summed E-state index contributed by atoms with van der Waals surface area (Å²) in [5, 5.41) is 3.57. The molecular formula is C12H20N4O. The molecule has 0 aliphatic carbocycles. The Balaban J connectivity index is 2.04. The highest BCUT2D eigenvalue weighted by Gasteiger charge is 2.21. The maximum atomic E-state index is 10.8. The Bertz CT molecular complexity index is 388. The van der Waals surface area contributed by atoms with Gasteiger partial charge in [-0.15, -0.1) is 0 Å². The highest BCUT2D eigenvalue weighted by atomic mass is 16.1. The van der Waals surface area contributed by atoms with Crippen LogP contribution in [0.15, 0.2) is 12.5 Å². The Kier molecular flexibility index (Phi) is 3.78. The van der Waals surface area contributed by atoms with E-state index in [4.69, 9.17) is 5.73 Å². The summed E-state index contributed by atoms with van der Waals surface area (Å²) in [4.78, 5) is 15.0. The van der Waals surface area contributed by atoms with E-state index in [-0.39, 0.29) is 5.91 Å². The molecule has 94 valence electrons. The van der Waals surface area contributed by atoms with E-state index in [1.165, 1.54) is 12.8 Å². The van der Waals surface area contributed by atoms with E-state index >= 15 is 0 Å². The monoisotopic (exact) mass is 236 g/mol. The highest BCUT2D eigenvalue weighted by Crippen LogP contribution is 2.25. The summed E-state index contributed by atoms with van der Waals surface area (Å²) in [6.07, 6.45) is 7.62. The molecule has 2 unspecified atom stereocenters. The lowest BCUT2D eigenvalue weighted by Crippen LogP contribution is -2.35. The van der Waals surface area contributed by atoms with Crippen LogP contribution in [0.1, 0.15) is 44.3 Å². The molecule has 1 aliphatic heterocycles. The van der Waals surface area contributed by atoms with Gasteiger partial charge >= 0.3 is 0 Å². The van der Waals surface area contributed by atoms with Gasteiger partial charge in [-0.3, -0.25) is 4.79 Å². The van der Waals surface area contributed by atoms with Crippen LogP contribution in [-0.4, -0.2) is 21.5 Å². The minimum Gasteiger partial charge on any atom is -0.370 e. The number of aryl methyl sites for hydroxylation is 1. The molecule has 3 N–H and O–H groups in total. The molecule has 5 nitrogen and oxygen atoms in total. The number of amides is 1. The first-order valence-corrected chi connectivity index (χ1v) is 6.21. The average molecular weight is 236 g/mol. The predicted octanol–water partition coefficient (Wildman–Crippen LogP) is 0.962. The molecule has 1 aliphatic rings. The van der Waals surface area contributed by atoms with Gasteiger partial charge < -0.3 is 15.6 Å². The number of imidazole rings is 1. The molecule has 2 rings (SSSR count). The van der Waals surface area contributed by atoms with Crippen LogP contribution in [0.2, 0.25) is 0 Å². The third-order valence-corrected chi connectivity index (χ3v) is 3.32. The molecular weight excluding hydrogens is 216 g/mol. The van der Waals surface area contributed by atoms with Crippen molar-refractivity contribution in [1.29, 1.82) is 0 Å². The lowest BCUT2D eigenvalue weighted by molar-refractivity contribution is -0.118. The first-order valence-electron chi connectivity index (χ1n) is 6.21. The molecule has 5 heteroatoms. The summed E-state index contributed by atoms with van der Waals surface area (Å²) in [7, 11) is 0. The number of carbonyl (C=O) groups excluding carboxylic acids is 1. The van der Waals surface area contributed by atoms with Crippen LogP contribution in [-0.2, 0) is 11.3 Å². The van der Waals surface area contributed by atoms with Crippen molar-refractivity contribution in [3.05, 3.63) is 18.2 Å². The topological polar surface area (TPSA) is 72.9 Å². The van der Waals surface area contributed by atoms with Crippen molar-refractivity contribution in [2.24, 2.45) is 5.73 Å². The summed E-state index contributed by atoms with van der Waals surface area (Å²) >= 11 is 0. The van der Waals surface area contributed by atoms with Gasteiger partial charge in [-0.2, -0.15) is 0 Å². The number of carbonyl (C=O) groups is 1. The van der Waals surface area contributed by atoms with Gasteiger partial charge in [0, 0.05) is 31.2 Å². The highest BCUT2D eigenvalue weighted by molar-refractivity contribution is 5.73. The average Bonchev–Trinajstić information content (AvgIpc) is 2.74. The summed E-state index contributed by atoms with van der Waals surface area (Å²) in [5.74, 6) is -0.269. The number of nitrogens with zero attached hydrogens (tertiary/aromatic N) is 2. The Labute approximate surface area is 101 Å². The van der Waals surface area contributed by atoms with Gasteiger partial charge in [0.25, 0.3) is 0 Å².